The Hall–Kier alpha value is -2.75. The quantitative estimate of drug-likeness (QED) is 0.410. The molecule has 4 rings (SSSR count). The second kappa shape index (κ2) is 8.55. The number of hydrogen-bond acceptors (Lipinski definition) is 7. The summed E-state index contributed by atoms with van der Waals surface area (Å²) >= 11 is 6.87. The Labute approximate surface area is 182 Å². The predicted octanol–water partition coefficient (Wildman–Crippen LogP) is 3.70. The van der Waals surface area contributed by atoms with Gasteiger partial charge in [-0.1, -0.05) is 46.4 Å². The SMILES string of the molecule is O=C(/C=C/c1ccc(S(=O)(=O)N2CCc3ccccc32)cc1)OCc1nnsc1Cl. The zero-order valence-corrected chi connectivity index (χ0v) is 18.0. The molecule has 0 unspecified atom stereocenters. The predicted molar refractivity (Wildman–Crippen MR) is 115 cm³/mol. The molecule has 0 saturated carbocycles. The first-order valence-electron chi connectivity index (χ1n) is 8.97. The second-order valence-corrected chi connectivity index (χ2v) is 9.68. The fraction of sp³-hybridized carbons (Fsp3) is 0.150. The Balaban J connectivity index is 1.42. The van der Waals surface area contributed by atoms with Crippen molar-refractivity contribution < 1.29 is 17.9 Å². The molecule has 7 nitrogen and oxygen atoms in total. The minimum atomic E-state index is -3.64. The van der Waals surface area contributed by atoms with E-state index >= 15 is 0 Å². The van der Waals surface area contributed by atoms with E-state index in [0.717, 1.165) is 22.8 Å². The Morgan fingerprint density at radius 3 is 2.70 bits per heavy atom. The maximum absolute atomic E-state index is 13.0. The van der Waals surface area contributed by atoms with E-state index in [9.17, 15) is 13.2 Å². The summed E-state index contributed by atoms with van der Waals surface area (Å²) in [5, 5.41) is 3.76. The molecule has 0 amide bonds. The summed E-state index contributed by atoms with van der Waals surface area (Å²) in [6, 6.07) is 13.8. The first-order valence-corrected chi connectivity index (χ1v) is 11.6. The largest absolute Gasteiger partial charge is 0.456 e. The molecule has 2 heterocycles. The molecule has 0 aliphatic carbocycles. The van der Waals surface area contributed by atoms with Gasteiger partial charge in [-0.05, 0) is 41.8 Å². The van der Waals surface area contributed by atoms with Crippen LogP contribution in [0.3, 0.4) is 0 Å². The van der Waals surface area contributed by atoms with E-state index in [4.69, 9.17) is 16.3 Å². The van der Waals surface area contributed by atoms with Crippen molar-refractivity contribution in [2.45, 2.75) is 17.9 Å². The highest BCUT2D eigenvalue weighted by Crippen LogP contribution is 2.32. The number of fused-ring (bicyclic) bond motifs is 1. The van der Waals surface area contributed by atoms with Crippen molar-refractivity contribution in [1.29, 1.82) is 0 Å². The van der Waals surface area contributed by atoms with Gasteiger partial charge in [-0.15, -0.1) is 5.10 Å². The van der Waals surface area contributed by atoms with Gasteiger partial charge in [0.2, 0.25) is 0 Å². The van der Waals surface area contributed by atoms with Crippen LogP contribution in [0.25, 0.3) is 6.08 Å². The van der Waals surface area contributed by atoms with E-state index in [1.165, 1.54) is 22.5 Å². The molecule has 2 aromatic carbocycles. The molecule has 3 aromatic rings. The van der Waals surface area contributed by atoms with E-state index < -0.39 is 16.0 Å². The van der Waals surface area contributed by atoms with Gasteiger partial charge >= 0.3 is 5.97 Å². The number of nitrogens with zero attached hydrogens (tertiary/aromatic N) is 3. The Morgan fingerprint density at radius 2 is 1.97 bits per heavy atom. The number of halogens is 1. The molecule has 0 spiro atoms. The van der Waals surface area contributed by atoms with Gasteiger partial charge in [0.15, 0.2) is 0 Å². The Bertz CT molecular complexity index is 1210. The zero-order valence-electron chi connectivity index (χ0n) is 15.6. The molecule has 0 N–H and O–H groups in total. The number of rotatable bonds is 6. The average Bonchev–Trinajstić information content (AvgIpc) is 3.37. The Kier molecular flexibility index (Phi) is 5.85. The van der Waals surface area contributed by atoms with E-state index in [-0.39, 0.29) is 11.5 Å². The number of benzene rings is 2. The van der Waals surface area contributed by atoms with Crippen molar-refractivity contribution >= 4 is 50.9 Å². The van der Waals surface area contributed by atoms with Gasteiger partial charge in [0.25, 0.3) is 10.0 Å². The third-order valence-corrected chi connectivity index (χ3v) is 7.40. The molecule has 1 aromatic heterocycles. The van der Waals surface area contributed by atoms with Crippen molar-refractivity contribution in [3.63, 3.8) is 0 Å². The van der Waals surface area contributed by atoms with Crippen LogP contribution in [-0.4, -0.2) is 30.5 Å². The number of aromatic nitrogens is 2. The number of carbonyl (C=O) groups excluding carboxylic acids is 1. The number of carbonyl (C=O) groups is 1. The van der Waals surface area contributed by atoms with Gasteiger partial charge < -0.3 is 4.74 Å². The molecule has 30 heavy (non-hydrogen) atoms. The fourth-order valence-corrected chi connectivity index (χ4v) is 5.18. The van der Waals surface area contributed by atoms with Crippen LogP contribution >= 0.6 is 23.1 Å². The lowest BCUT2D eigenvalue weighted by molar-refractivity contribution is -0.139. The van der Waals surface area contributed by atoms with Crippen molar-refractivity contribution in [2.75, 3.05) is 10.8 Å². The number of hydrogen-bond donors (Lipinski definition) is 0. The second-order valence-electron chi connectivity index (χ2n) is 6.46. The molecule has 0 bridgehead atoms. The van der Waals surface area contributed by atoms with E-state index in [2.05, 4.69) is 9.59 Å². The summed E-state index contributed by atoms with van der Waals surface area (Å²) in [4.78, 5) is 12.0. The maximum atomic E-state index is 13.0. The molecule has 1 aliphatic rings. The molecule has 0 fully saturated rings. The Morgan fingerprint density at radius 1 is 1.20 bits per heavy atom. The van der Waals surface area contributed by atoms with Crippen molar-refractivity contribution in [3.8, 4) is 0 Å². The summed E-state index contributed by atoms with van der Waals surface area (Å²) in [6.07, 6.45) is 3.50. The summed E-state index contributed by atoms with van der Waals surface area (Å²) in [5.41, 5.74) is 2.82. The normalized spacial score (nSPS) is 13.6. The lowest BCUT2D eigenvalue weighted by atomic mass is 10.2. The first kappa shape index (κ1) is 20.5. The zero-order chi connectivity index (χ0) is 21.1. The van der Waals surface area contributed by atoms with Crippen LogP contribution in [0.5, 0.6) is 0 Å². The maximum Gasteiger partial charge on any atom is 0.331 e. The topological polar surface area (TPSA) is 89.5 Å². The van der Waals surface area contributed by atoms with Crippen LogP contribution in [0.2, 0.25) is 4.34 Å². The molecule has 0 radical (unpaired) electrons. The summed E-state index contributed by atoms with van der Waals surface area (Å²) < 4.78 is 36.6. The summed E-state index contributed by atoms with van der Waals surface area (Å²) in [6.45, 7) is 0.362. The minimum Gasteiger partial charge on any atom is -0.456 e. The summed E-state index contributed by atoms with van der Waals surface area (Å²) in [5.74, 6) is -0.565. The highest BCUT2D eigenvalue weighted by atomic mass is 35.5. The molecule has 0 saturated heterocycles. The highest BCUT2D eigenvalue weighted by molar-refractivity contribution is 7.92. The molecule has 154 valence electrons. The minimum absolute atomic E-state index is 0.0625. The van der Waals surface area contributed by atoms with Crippen LogP contribution in [0.15, 0.2) is 59.5 Å². The molecule has 1 aliphatic heterocycles. The monoisotopic (exact) mass is 461 g/mol. The van der Waals surface area contributed by atoms with Crippen molar-refractivity contribution in [1.82, 2.24) is 9.59 Å². The smallest absolute Gasteiger partial charge is 0.331 e. The van der Waals surface area contributed by atoms with Crippen LogP contribution in [0.1, 0.15) is 16.8 Å². The van der Waals surface area contributed by atoms with Crippen molar-refractivity contribution in [3.05, 3.63) is 75.8 Å². The van der Waals surface area contributed by atoms with E-state index in [1.807, 2.05) is 24.3 Å². The van der Waals surface area contributed by atoms with Crippen LogP contribution in [0.4, 0.5) is 5.69 Å². The van der Waals surface area contributed by atoms with E-state index in [0.29, 0.717) is 28.6 Å². The number of para-hydroxylation sites is 1. The molecule has 0 atom stereocenters. The lowest BCUT2D eigenvalue weighted by Crippen LogP contribution is -2.29. The van der Waals surface area contributed by atoms with Gasteiger partial charge in [0, 0.05) is 24.2 Å². The summed E-state index contributed by atoms with van der Waals surface area (Å²) in [7, 11) is -3.64. The highest BCUT2D eigenvalue weighted by Gasteiger charge is 2.30. The standard InChI is InChI=1S/C20H16ClN3O4S2/c21-20-17(22-23-29-20)13-28-19(25)10-7-14-5-8-16(9-6-14)30(26,27)24-12-11-15-3-1-2-4-18(15)24/h1-10H,11-13H2/b10-7+. The number of ether oxygens (including phenoxy) is 1. The van der Waals surface area contributed by atoms with Gasteiger partial charge in [-0.3, -0.25) is 4.31 Å². The van der Waals surface area contributed by atoms with Crippen molar-refractivity contribution in [2.24, 2.45) is 0 Å². The molecular formula is C20H16ClN3O4S2. The first-order chi connectivity index (χ1) is 14.4. The number of sulfonamides is 1. The third-order valence-electron chi connectivity index (χ3n) is 4.59. The lowest BCUT2D eigenvalue weighted by Gasteiger charge is -2.19. The van der Waals surface area contributed by atoms with Gasteiger partial charge in [0.1, 0.15) is 16.6 Å². The van der Waals surface area contributed by atoms with Gasteiger partial charge in [-0.25, -0.2) is 13.2 Å². The van der Waals surface area contributed by atoms with Crippen LogP contribution < -0.4 is 4.31 Å². The third kappa shape index (κ3) is 4.23. The fourth-order valence-electron chi connectivity index (χ4n) is 3.07. The molecule has 10 heteroatoms. The molecular weight excluding hydrogens is 446 g/mol. The average molecular weight is 462 g/mol. The van der Waals surface area contributed by atoms with Gasteiger partial charge in [0.05, 0.1) is 10.6 Å². The van der Waals surface area contributed by atoms with Crippen LogP contribution in [0, 0.1) is 0 Å². The number of anilines is 1. The number of esters is 1. The van der Waals surface area contributed by atoms with Gasteiger partial charge in [-0.2, -0.15) is 0 Å². The van der Waals surface area contributed by atoms with Crippen LogP contribution in [-0.2, 0) is 32.6 Å². The van der Waals surface area contributed by atoms with E-state index in [1.54, 1.807) is 18.2 Å².